The summed E-state index contributed by atoms with van der Waals surface area (Å²) in [7, 11) is 0. The van der Waals surface area contributed by atoms with Crippen molar-refractivity contribution < 1.29 is 14.7 Å². The van der Waals surface area contributed by atoms with Gasteiger partial charge in [0.2, 0.25) is 0 Å². The third-order valence-corrected chi connectivity index (χ3v) is 2.49. The van der Waals surface area contributed by atoms with Crippen LogP contribution in [0.1, 0.15) is 0 Å². The number of carbonyl (C=O) groups is 2. The monoisotopic (exact) mass is 240 g/mol. The Balaban J connectivity index is 2.46. The van der Waals surface area contributed by atoms with Crippen LogP contribution in [0.4, 0.5) is 10.5 Å². The van der Waals surface area contributed by atoms with Crippen molar-refractivity contribution in [2.45, 2.75) is 4.90 Å². The maximum atomic E-state index is 11.2. The Kier molecular flexibility index (Phi) is 4.65. The fourth-order valence-electron chi connectivity index (χ4n) is 1.01. The molecule has 3 N–H and O–H groups in total. The number of nitrogens with one attached hydrogen (secondary N) is 2. The van der Waals surface area contributed by atoms with Crippen LogP contribution in [0.3, 0.4) is 0 Å². The number of benzene rings is 1. The van der Waals surface area contributed by atoms with Gasteiger partial charge in [0.15, 0.2) is 0 Å². The molecule has 0 fully saturated rings. The number of carboxylic acid groups (broad SMARTS) is 1. The second kappa shape index (κ2) is 6.02. The Bertz CT molecular complexity index is 378. The van der Waals surface area contributed by atoms with E-state index in [9.17, 15) is 9.59 Å². The van der Waals surface area contributed by atoms with Crippen LogP contribution in [0.25, 0.3) is 0 Å². The summed E-state index contributed by atoms with van der Waals surface area (Å²) in [5, 5.41) is 13.1. The van der Waals surface area contributed by atoms with Crippen molar-refractivity contribution in [3.63, 3.8) is 0 Å². The van der Waals surface area contributed by atoms with Crippen LogP contribution in [0, 0.1) is 0 Å². The molecule has 2 amide bonds. The van der Waals surface area contributed by atoms with Crippen LogP contribution in [0.5, 0.6) is 0 Å². The van der Waals surface area contributed by atoms with Crippen LogP contribution in [-0.4, -0.2) is 29.9 Å². The van der Waals surface area contributed by atoms with Gasteiger partial charge in [-0.3, -0.25) is 4.79 Å². The molecule has 0 saturated heterocycles. The first-order chi connectivity index (χ1) is 7.61. The molecular formula is C10H12N2O3S. The topological polar surface area (TPSA) is 78.4 Å². The van der Waals surface area contributed by atoms with Gasteiger partial charge >= 0.3 is 12.0 Å². The lowest BCUT2D eigenvalue weighted by molar-refractivity contribution is -0.135. The fourth-order valence-corrected chi connectivity index (χ4v) is 1.41. The van der Waals surface area contributed by atoms with Gasteiger partial charge in [-0.25, -0.2) is 4.79 Å². The zero-order valence-electron chi connectivity index (χ0n) is 8.69. The van der Waals surface area contributed by atoms with Crippen molar-refractivity contribution in [3.8, 4) is 0 Å². The summed E-state index contributed by atoms with van der Waals surface area (Å²) in [4.78, 5) is 22.5. The van der Waals surface area contributed by atoms with E-state index in [1.54, 1.807) is 23.9 Å². The smallest absolute Gasteiger partial charge is 0.323 e. The molecule has 1 aromatic rings. The Hall–Kier alpha value is -1.69. The molecule has 5 nitrogen and oxygen atoms in total. The first-order valence-electron chi connectivity index (χ1n) is 4.52. The maximum absolute atomic E-state index is 11.2. The van der Waals surface area contributed by atoms with E-state index in [-0.39, 0.29) is 0 Å². The van der Waals surface area contributed by atoms with Crippen molar-refractivity contribution in [2.75, 3.05) is 18.1 Å². The van der Waals surface area contributed by atoms with Crippen molar-refractivity contribution >= 4 is 29.4 Å². The van der Waals surface area contributed by atoms with E-state index < -0.39 is 18.5 Å². The summed E-state index contributed by atoms with van der Waals surface area (Å²) in [6, 6.07) is 6.73. The van der Waals surface area contributed by atoms with Crippen molar-refractivity contribution in [1.82, 2.24) is 5.32 Å². The molecule has 0 unspecified atom stereocenters. The molecule has 0 heterocycles. The minimum Gasteiger partial charge on any atom is -0.480 e. The molecule has 0 aliphatic rings. The predicted octanol–water partition coefficient (Wildman–Crippen LogP) is 1.61. The van der Waals surface area contributed by atoms with Crippen LogP contribution >= 0.6 is 11.8 Å². The number of aliphatic carboxylic acids is 1. The minimum atomic E-state index is -1.08. The van der Waals surface area contributed by atoms with Crippen LogP contribution in [-0.2, 0) is 4.79 Å². The van der Waals surface area contributed by atoms with Crippen LogP contribution < -0.4 is 10.6 Å². The SMILES string of the molecule is CSc1ccc(NC(=O)NCC(=O)O)cc1. The van der Waals surface area contributed by atoms with Gasteiger partial charge in [-0.15, -0.1) is 11.8 Å². The lowest BCUT2D eigenvalue weighted by Crippen LogP contribution is -2.33. The van der Waals surface area contributed by atoms with Gasteiger partial charge in [-0.1, -0.05) is 0 Å². The molecule has 1 rings (SSSR count). The number of urea groups is 1. The van der Waals surface area contributed by atoms with Gasteiger partial charge < -0.3 is 15.7 Å². The maximum Gasteiger partial charge on any atom is 0.323 e. The molecule has 0 aliphatic carbocycles. The molecule has 0 aliphatic heterocycles. The zero-order chi connectivity index (χ0) is 12.0. The number of hydrogen-bond acceptors (Lipinski definition) is 3. The fraction of sp³-hybridized carbons (Fsp3) is 0.200. The number of amides is 2. The number of hydrogen-bond donors (Lipinski definition) is 3. The Morgan fingerprint density at radius 2 is 1.94 bits per heavy atom. The average molecular weight is 240 g/mol. The Labute approximate surface area is 97.2 Å². The van der Waals surface area contributed by atoms with E-state index >= 15 is 0 Å². The van der Waals surface area contributed by atoms with E-state index in [2.05, 4.69) is 10.6 Å². The highest BCUT2D eigenvalue weighted by Gasteiger charge is 2.03. The predicted molar refractivity (Wildman–Crippen MR) is 62.9 cm³/mol. The lowest BCUT2D eigenvalue weighted by atomic mass is 10.3. The summed E-state index contributed by atoms with van der Waals surface area (Å²) in [5.41, 5.74) is 0.626. The number of carbonyl (C=O) groups excluding carboxylic acids is 1. The number of anilines is 1. The second-order valence-electron chi connectivity index (χ2n) is 2.93. The van der Waals surface area contributed by atoms with Gasteiger partial charge in [-0.2, -0.15) is 0 Å². The van der Waals surface area contributed by atoms with E-state index in [0.717, 1.165) is 4.90 Å². The minimum absolute atomic E-state index is 0.394. The van der Waals surface area contributed by atoms with Gasteiger partial charge in [0, 0.05) is 10.6 Å². The number of thioether (sulfide) groups is 1. The molecule has 0 bridgehead atoms. The van der Waals surface area contributed by atoms with Crippen molar-refractivity contribution in [1.29, 1.82) is 0 Å². The van der Waals surface area contributed by atoms with E-state index in [4.69, 9.17) is 5.11 Å². The molecule has 0 aromatic heterocycles. The molecule has 0 spiro atoms. The van der Waals surface area contributed by atoms with Crippen molar-refractivity contribution in [3.05, 3.63) is 24.3 Å². The lowest BCUT2D eigenvalue weighted by Gasteiger charge is -2.06. The standard InChI is InChI=1S/C10H12N2O3S/c1-16-8-4-2-7(3-5-8)12-10(15)11-6-9(13)14/h2-5H,6H2,1H3,(H,13,14)(H2,11,12,15). The quantitative estimate of drug-likeness (QED) is 0.699. The molecule has 16 heavy (non-hydrogen) atoms. The third-order valence-electron chi connectivity index (χ3n) is 1.75. The van der Waals surface area contributed by atoms with Crippen LogP contribution in [0.15, 0.2) is 29.2 Å². The Morgan fingerprint density at radius 1 is 1.31 bits per heavy atom. The first kappa shape index (κ1) is 12.4. The molecule has 6 heteroatoms. The summed E-state index contributed by atoms with van der Waals surface area (Å²) < 4.78 is 0. The molecule has 0 saturated carbocycles. The highest BCUT2D eigenvalue weighted by atomic mass is 32.2. The second-order valence-corrected chi connectivity index (χ2v) is 3.81. The van der Waals surface area contributed by atoms with Gasteiger partial charge in [0.05, 0.1) is 0 Å². The molecule has 0 radical (unpaired) electrons. The summed E-state index contributed by atoms with van der Waals surface area (Å²) in [5.74, 6) is -1.08. The molecule has 0 atom stereocenters. The average Bonchev–Trinajstić information content (AvgIpc) is 2.27. The number of carboxylic acids is 1. The summed E-state index contributed by atoms with van der Waals surface area (Å²) in [6.45, 7) is -0.394. The summed E-state index contributed by atoms with van der Waals surface area (Å²) >= 11 is 1.60. The first-order valence-corrected chi connectivity index (χ1v) is 5.75. The van der Waals surface area contributed by atoms with Gasteiger partial charge in [0.1, 0.15) is 6.54 Å². The van der Waals surface area contributed by atoms with Crippen molar-refractivity contribution in [2.24, 2.45) is 0 Å². The molecule has 86 valence electrons. The Morgan fingerprint density at radius 3 is 2.44 bits per heavy atom. The largest absolute Gasteiger partial charge is 0.480 e. The third kappa shape index (κ3) is 4.22. The van der Waals surface area contributed by atoms with Crippen LogP contribution in [0.2, 0.25) is 0 Å². The van der Waals surface area contributed by atoms with Gasteiger partial charge in [-0.05, 0) is 30.5 Å². The molecule has 1 aromatic carbocycles. The number of rotatable bonds is 4. The van der Waals surface area contributed by atoms with Gasteiger partial charge in [0.25, 0.3) is 0 Å². The highest BCUT2D eigenvalue weighted by molar-refractivity contribution is 7.98. The van der Waals surface area contributed by atoms with E-state index in [1.807, 2.05) is 18.4 Å². The zero-order valence-corrected chi connectivity index (χ0v) is 9.50. The van der Waals surface area contributed by atoms with E-state index in [1.165, 1.54) is 0 Å². The highest BCUT2D eigenvalue weighted by Crippen LogP contribution is 2.17. The summed E-state index contributed by atoms with van der Waals surface area (Å²) in [6.07, 6.45) is 1.96. The normalized spacial score (nSPS) is 9.56. The molecular weight excluding hydrogens is 228 g/mol. The van der Waals surface area contributed by atoms with E-state index in [0.29, 0.717) is 5.69 Å².